The molecule has 2 aromatic rings. The first kappa shape index (κ1) is 23.2. The van der Waals surface area contributed by atoms with Gasteiger partial charge in [0.15, 0.2) is 0 Å². The van der Waals surface area contributed by atoms with Gasteiger partial charge in [-0.05, 0) is 29.3 Å². The maximum atomic E-state index is 13.5. The van der Waals surface area contributed by atoms with Crippen molar-refractivity contribution in [3.05, 3.63) is 79.9 Å². The fourth-order valence-corrected chi connectivity index (χ4v) is 2.75. The summed E-state index contributed by atoms with van der Waals surface area (Å²) in [4.78, 5) is 20.9. The standard InChI is InChI=1S/C18H10ClF6NO4/c19-14-6-3-10(8-15(14)26(29)30)12(17(20,21)22)5-2-9-1-4-11(16(27)28)13(7-9)18(23,24)25/h1-8,12H,(H,27,28). The lowest BCUT2D eigenvalue weighted by atomic mass is 9.95. The van der Waals surface area contributed by atoms with Crippen LogP contribution < -0.4 is 0 Å². The van der Waals surface area contributed by atoms with Gasteiger partial charge in [0.2, 0.25) is 0 Å². The summed E-state index contributed by atoms with van der Waals surface area (Å²) in [5.74, 6) is -4.23. The molecule has 0 aliphatic carbocycles. The third-order valence-corrected chi connectivity index (χ3v) is 4.26. The van der Waals surface area contributed by atoms with Crippen molar-refractivity contribution in [1.29, 1.82) is 0 Å². The van der Waals surface area contributed by atoms with Gasteiger partial charge in [-0.2, -0.15) is 26.3 Å². The smallest absolute Gasteiger partial charge is 0.417 e. The van der Waals surface area contributed by atoms with Crippen LogP contribution in [0.1, 0.15) is 33.0 Å². The Kier molecular flexibility index (Phi) is 6.45. The Hall–Kier alpha value is -3.08. The Balaban J connectivity index is 2.52. The summed E-state index contributed by atoms with van der Waals surface area (Å²) in [6, 6.07) is 4.38. The first-order valence-electron chi connectivity index (χ1n) is 7.85. The van der Waals surface area contributed by atoms with Crippen LogP contribution in [0.2, 0.25) is 5.02 Å². The van der Waals surface area contributed by atoms with Crippen molar-refractivity contribution in [2.45, 2.75) is 18.3 Å². The fraction of sp³-hybridized carbons (Fsp3) is 0.167. The molecule has 0 saturated carbocycles. The molecule has 0 radical (unpaired) electrons. The second kappa shape index (κ2) is 8.34. The number of benzene rings is 2. The van der Waals surface area contributed by atoms with Gasteiger partial charge >= 0.3 is 18.3 Å². The van der Waals surface area contributed by atoms with E-state index in [1.807, 2.05) is 0 Å². The van der Waals surface area contributed by atoms with Crippen LogP contribution in [0, 0.1) is 10.1 Å². The number of nitrogens with zero attached hydrogens (tertiary/aromatic N) is 1. The van der Waals surface area contributed by atoms with Gasteiger partial charge in [-0.25, -0.2) is 4.79 Å². The molecule has 160 valence electrons. The van der Waals surface area contributed by atoms with E-state index in [0.717, 1.165) is 24.3 Å². The normalized spacial score (nSPS) is 13.4. The molecule has 0 spiro atoms. The summed E-state index contributed by atoms with van der Waals surface area (Å²) in [5.41, 5.74) is -4.23. The minimum absolute atomic E-state index is 0.343. The van der Waals surface area contributed by atoms with Crippen LogP contribution in [0.25, 0.3) is 6.08 Å². The van der Waals surface area contributed by atoms with Crippen LogP contribution in [0.5, 0.6) is 0 Å². The second-order valence-corrected chi connectivity index (χ2v) is 6.36. The molecule has 0 saturated heterocycles. The van der Waals surface area contributed by atoms with Crippen molar-refractivity contribution in [3.8, 4) is 0 Å². The molecule has 0 heterocycles. The zero-order chi connectivity index (χ0) is 22.9. The Labute approximate surface area is 169 Å². The summed E-state index contributed by atoms with van der Waals surface area (Å²) in [6.45, 7) is 0. The number of alkyl halides is 6. The molecule has 0 fully saturated rings. The Bertz CT molecular complexity index is 1020. The highest BCUT2D eigenvalue weighted by molar-refractivity contribution is 6.32. The van der Waals surface area contributed by atoms with Gasteiger partial charge in [-0.1, -0.05) is 35.9 Å². The maximum Gasteiger partial charge on any atom is 0.417 e. The molecule has 2 rings (SSSR count). The van der Waals surface area contributed by atoms with Crippen LogP contribution in [0.4, 0.5) is 32.0 Å². The number of carboxylic acids is 1. The Morgan fingerprint density at radius 3 is 2.23 bits per heavy atom. The molecule has 30 heavy (non-hydrogen) atoms. The number of nitro groups is 1. The van der Waals surface area contributed by atoms with Crippen molar-refractivity contribution in [2.75, 3.05) is 0 Å². The maximum absolute atomic E-state index is 13.5. The number of rotatable bonds is 5. The van der Waals surface area contributed by atoms with Gasteiger partial charge in [0, 0.05) is 6.07 Å². The van der Waals surface area contributed by atoms with Crippen molar-refractivity contribution in [3.63, 3.8) is 0 Å². The van der Waals surface area contributed by atoms with Crippen molar-refractivity contribution in [1.82, 2.24) is 0 Å². The van der Waals surface area contributed by atoms with Crippen LogP contribution >= 0.6 is 11.6 Å². The molecule has 0 aliphatic heterocycles. The lowest BCUT2D eigenvalue weighted by molar-refractivity contribution is -0.384. The largest absolute Gasteiger partial charge is 0.478 e. The Morgan fingerprint density at radius 1 is 1.10 bits per heavy atom. The average Bonchev–Trinajstić information content (AvgIpc) is 2.60. The number of carbonyl (C=O) groups is 1. The molecule has 0 aliphatic rings. The summed E-state index contributed by atoms with van der Waals surface area (Å²) in [7, 11) is 0. The van der Waals surface area contributed by atoms with Crippen LogP contribution in [-0.4, -0.2) is 22.2 Å². The third-order valence-electron chi connectivity index (χ3n) is 3.94. The van der Waals surface area contributed by atoms with Crippen molar-refractivity contribution < 1.29 is 41.2 Å². The highest BCUT2D eigenvalue weighted by atomic mass is 35.5. The summed E-state index contributed by atoms with van der Waals surface area (Å²) < 4.78 is 79.6. The van der Waals surface area contributed by atoms with E-state index in [0.29, 0.717) is 24.3 Å². The number of hydrogen-bond acceptors (Lipinski definition) is 3. The molecule has 0 amide bonds. The monoisotopic (exact) mass is 453 g/mol. The summed E-state index contributed by atoms with van der Waals surface area (Å²) in [6.07, 6.45) is -8.73. The predicted molar refractivity (Wildman–Crippen MR) is 94.3 cm³/mol. The van der Waals surface area contributed by atoms with E-state index in [2.05, 4.69) is 0 Å². The number of hydrogen-bond donors (Lipinski definition) is 1. The topological polar surface area (TPSA) is 80.4 Å². The quantitative estimate of drug-likeness (QED) is 0.326. The predicted octanol–water partition coefficient (Wildman–Crippen LogP) is 6.32. The Morgan fingerprint density at radius 2 is 1.73 bits per heavy atom. The van der Waals surface area contributed by atoms with Crippen molar-refractivity contribution in [2.24, 2.45) is 0 Å². The van der Waals surface area contributed by atoms with Gasteiger partial charge in [-0.15, -0.1) is 0 Å². The number of nitro benzene ring substituents is 1. The number of aromatic carboxylic acids is 1. The third kappa shape index (κ3) is 5.29. The molecule has 0 bridgehead atoms. The van der Waals surface area contributed by atoms with Gasteiger partial charge in [0.1, 0.15) is 5.02 Å². The van der Waals surface area contributed by atoms with E-state index >= 15 is 0 Å². The summed E-state index contributed by atoms with van der Waals surface area (Å²) >= 11 is 5.59. The summed E-state index contributed by atoms with van der Waals surface area (Å²) in [5, 5.41) is 19.4. The molecule has 1 N–H and O–H groups in total. The molecular weight excluding hydrogens is 444 g/mol. The molecular formula is C18H10ClF6NO4. The molecule has 1 unspecified atom stereocenters. The molecule has 0 aromatic heterocycles. The zero-order valence-corrected chi connectivity index (χ0v) is 15.2. The van der Waals surface area contributed by atoms with Gasteiger partial charge in [0.25, 0.3) is 5.69 Å². The number of allylic oxidation sites excluding steroid dienone is 1. The number of halogens is 7. The molecule has 1 atom stereocenters. The van der Waals surface area contributed by atoms with Gasteiger partial charge in [0.05, 0.1) is 22.0 Å². The highest BCUT2D eigenvalue weighted by Crippen LogP contribution is 2.39. The molecule has 2 aromatic carbocycles. The molecule has 12 heteroatoms. The second-order valence-electron chi connectivity index (χ2n) is 5.95. The SMILES string of the molecule is O=C(O)c1ccc(C=CC(c2ccc(Cl)c([N+](=O)[O-])c2)C(F)(F)F)cc1C(F)(F)F. The van der Waals surface area contributed by atoms with Gasteiger partial charge < -0.3 is 5.11 Å². The average molecular weight is 454 g/mol. The fourth-order valence-electron chi connectivity index (χ4n) is 2.57. The van der Waals surface area contributed by atoms with E-state index in [9.17, 15) is 41.3 Å². The zero-order valence-electron chi connectivity index (χ0n) is 14.5. The minimum Gasteiger partial charge on any atom is -0.478 e. The van der Waals surface area contributed by atoms with Crippen LogP contribution in [0.15, 0.2) is 42.5 Å². The first-order chi connectivity index (χ1) is 13.7. The van der Waals surface area contributed by atoms with Crippen LogP contribution in [0.3, 0.4) is 0 Å². The van der Waals surface area contributed by atoms with E-state index in [-0.39, 0.29) is 10.6 Å². The van der Waals surface area contributed by atoms with E-state index < -0.39 is 51.5 Å². The lowest BCUT2D eigenvalue weighted by Crippen LogP contribution is -2.19. The molecule has 5 nitrogen and oxygen atoms in total. The van der Waals surface area contributed by atoms with E-state index in [1.165, 1.54) is 0 Å². The highest BCUT2D eigenvalue weighted by Gasteiger charge is 2.40. The van der Waals surface area contributed by atoms with Crippen LogP contribution in [-0.2, 0) is 6.18 Å². The van der Waals surface area contributed by atoms with E-state index in [1.54, 1.807) is 0 Å². The lowest BCUT2D eigenvalue weighted by Gasteiger charge is -2.17. The van der Waals surface area contributed by atoms with E-state index in [4.69, 9.17) is 16.7 Å². The van der Waals surface area contributed by atoms with Gasteiger partial charge in [-0.3, -0.25) is 10.1 Å². The minimum atomic E-state index is -5.04. The van der Waals surface area contributed by atoms with Crippen molar-refractivity contribution >= 4 is 29.3 Å². The number of carboxylic acid groups (broad SMARTS) is 1. The first-order valence-corrected chi connectivity index (χ1v) is 8.23.